The fraction of sp³-hybridized carbons (Fsp3) is 0.471. The van der Waals surface area contributed by atoms with Crippen molar-refractivity contribution in [2.24, 2.45) is 11.1 Å². The first-order valence-electron chi connectivity index (χ1n) is 8.26. The predicted molar refractivity (Wildman–Crippen MR) is 90.1 cm³/mol. The summed E-state index contributed by atoms with van der Waals surface area (Å²) in [4.78, 5) is 31.2. The van der Waals surface area contributed by atoms with E-state index in [2.05, 4.69) is 24.8 Å². The molecular formula is C17H22N6O. The lowest BCUT2D eigenvalue weighted by Crippen LogP contribution is -2.51. The molecule has 2 aromatic heterocycles. The van der Waals surface area contributed by atoms with E-state index in [9.17, 15) is 4.79 Å². The van der Waals surface area contributed by atoms with Gasteiger partial charge >= 0.3 is 0 Å². The number of primary amides is 1. The number of carbonyl (C=O) groups is 1. The van der Waals surface area contributed by atoms with Crippen molar-refractivity contribution in [1.82, 2.24) is 19.9 Å². The van der Waals surface area contributed by atoms with Crippen molar-refractivity contribution in [2.45, 2.75) is 32.1 Å². The summed E-state index contributed by atoms with van der Waals surface area (Å²) in [5.74, 6) is 0.430. The van der Waals surface area contributed by atoms with Gasteiger partial charge in [-0.05, 0) is 38.2 Å². The fourth-order valence-electron chi connectivity index (χ4n) is 3.35. The number of hydrogen-bond donors (Lipinski definition) is 1. The van der Waals surface area contributed by atoms with Crippen LogP contribution in [0.3, 0.4) is 0 Å². The Hall–Kier alpha value is -2.57. The molecule has 2 N–H and O–H groups in total. The molecule has 3 heterocycles. The summed E-state index contributed by atoms with van der Waals surface area (Å²) in [7, 11) is 0. The number of carbonyl (C=O) groups excluding carboxylic acids is 1. The maximum absolute atomic E-state index is 12.2. The molecule has 0 spiro atoms. The third-order valence-corrected chi connectivity index (χ3v) is 4.64. The highest BCUT2D eigenvalue weighted by atomic mass is 16.1. The van der Waals surface area contributed by atoms with Crippen LogP contribution in [0.5, 0.6) is 0 Å². The van der Waals surface area contributed by atoms with E-state index in [1.165, 1.54) is 0 Å². The molecule has 0 aliphatic carbocycles. The van der Waals surface area contributed by atoms with Crippen molar-refractivity contribution in [1.29, 1.82) is 0 Å². The Kier molecular flexibility index (Phi) is 4.98. The first kappa shape index (κ1) is 16.3. The van der Waals surface area contributed by atoms with Crippen molar-refractivity contribution in [3.05, 3.63) is 42.7 Å². The number of hydrogen-bond acceptors (Lipinski definition) is 6. The molecule has 0 aromatic carbocycles. The standard InChI is InChI=1S/C17H22N6O/c18-15(24)17(5-1-4-14-12-19-9-10-20-14)6-2-11-23(13-17)16-21-7-3-8-22-16/h3,7-10,12H,1-2,4-6,11,13H2,(H2,18,24). The number of aromatic nitrogens is 4. The molecule has 1 aliphatic rings. The van der Waals surface area contributed by atoms with E-state index in [0.29, 0.717) is 12.5 Å². The summed E-state index contributed by atoms with van der Waals surface area (Å²) in [6.07, 6.45) is 12.7. The number of aryl methyl sites for hydroxylation is 1. The Labute approximate surface area is 141 Å². The topological polar surface area (TPSA) is 97.9 Å². The van der Waals surface area contributed by atoms with Gasteiger partial charge in [-0.15, -0.1) is 0 Å². The Morgan fingerprint density at radius 1 is 1.21 bits per heavy atom. The summed E-state index contributed by atoms with van der Waals surface area (Å²) in [5, 5.41) is 0. The molecule has 7 heteroatoms. The van der Waals surface area contributed by atoms with Crippen LogP contribution in [0.1, 0.15) is 31.4 Å². The molecule has 7 nitrogen and oxygen atoms in total. The van der Waals surface area contributed by atoms with Gasteiger partial charge in [0.05, 0.1) is 11.1 Å². The second kappa shape index (κ2) is 7.33. The molecule has 1 atom stereocenters. The maximum atomic E-state index is 12.2. The van der Waals surface area contributed by atoms with Gasteiger partial charge in [0.1, 0.15) is 0 Å². The summed E-state index contributed by atoms with van der Waals surface area (Å²) >= 11 is 0. The van der Waals surface area contributed by atoms with Crippen molar-refractivity contribution in [3.63, 3.8) is 0 Å². The SMILES string of the molecule is NC(=O)C1(CCCc2cnccn2)CCCN(c2ncccn2)C1. The Morgan fingerprint density at radius 2 is 2.04 bits per heavy atom. The lowest BCUT2D eigenvalue weighted by atomic mass is 9.75. The first-order chi connectivity index (χ1) is 11.7. The monoisotopic (exact) mass is 326 g/mol. The zero-order chi connectivity index (χ0) is 16.8. The van der Waals surface area contributed by atoms with Crippen LogP contribution in [0.25, 0.3) is 0 Å². The smallest absolute Gasteiger partial charge is 0.225 e. The van der Waals surface area contributed by atoms with E-state index in [4.69, 9.17) is 5.73 Å². The van der Waals surface area contributed by atoms with Crippen molar-refractivity contribution < 1.29 is 4.79 Å². The number of piperidine rings is 1. The van der Waals surface area contributed by atoms with E-state index < -0.39 is 5.41 Å². The van der Waals surface area contributed by atoms with Gasteiger partial charge in [-0.3, -0.25) is 14.8 Å². The number of nitrogens with two attached hydrogens (primary N) is 1. The second-order valence-corrected chi connectivity index (χ2v) is 6.27. The fourth-order valence-corrected chi connectivity index (χ4v) is 3.35. The van der Waals surface area contributed by atoms with Crippen molar-refractivity contribution in [3.8, 4) is 0 Å². The third kappa shape index (κ3) is 3.67. The Balaban J connectivity index is 1.67. The van der Waals surface area contributed by atoms with Crippen LogP contribution >= 0.6 is 0 Å². The molecule has 1 amide bonds. The number of amides is 1. The largest absolute Gasteiger partial charge is 0.369 e. The van der Waals surface area contributed by atoms with E-state index in [0.717, 1.165) is 44.3 Å². The number of nitrogens with zero attached hydrogens (tertiary/aromatic N) is 5. The maximum Gasteiger partial charge on any atom is 0.225 e. The highest BCUT2D eigenvalue weighted by molar-refractivity contribution is 5.81. The molecule has 1 fully saturated rings. The molecule has 1 unspecified atom stereocenters. The average molecular weight is 326 g/mol. The quantitative estimate of drug-likeness (QED) is 0.861. The van der Waals surface area contributed by atoms with Crippen LogP contribution < -0.4 is 10.6 Å². The van der Waals surface area contributed by atoms with Gasteiger partial charge in [0, 0.05) is 44.1 Å². The van der Waals surface area contributed by atoms with Gasteiger partial charge in [0.25, 0.3) is 0 Å². The molecule has 126 valence electrons. The van der Waals surface area contributed by atoms with Gasteiger partial charge in [-0.2, -0.15) is 0 Å². The lowest BCUT2D eigenvalue weighted by Gasteiger charge is -2.40. The van der Waals surface area contributed by atoms with Gasteiger partial charge < -0.3 is 10.6 Å². The highest BCUT2D eigenvalue weighted by Crippen LogP contribution is 2.35. The Bertz CT molecular complexity index is 665. The zero-order valence-corrected chi connectivity index (χ0v) is 13.6. The molecule has 0 bridgehead atoms. The summed E-state index contributed by atoms with van der Waals surface area (Å²) in [6.45, 7) is 1.43. The average Bonchev–Trinajstić information content (AvgIpc) is 2.63. The minimum absolute atomic E-state index is 0.234. The molecule has 2 aromatic rings. The van der Waals surface area contributed by atoms with Gasteiger partial charge in [0.2, 0.25) is 11.9 Å². The van der Waals surface area contributed by atoms with E-state index in [1.807, 2.05) is 0 Å². The van der Waals surface area contributed by atoms with Crippen molar-refractivity contribution in [2.75, 3.05) is 18.0 Å². The molecule has 0 radical (unpaired) electrons. The molecule has 3 rings (SSSR count). The third-order valence-electron chi connectivity index (χ3n) is 4.64. The molecule has 1 aliphatic heterocycles. The highest BCUT2D eigenvalue weighted by Gasteiger charge is 2.40. The first-order valence-corrected chi connectivity index (χ1v) is 8.26. The van der Waals surface area contributed by atoms with E-state index in [1.54, 1.807) is 37.1 Å². The summed E-state index contributed by atoms with van der Waals surface area (Å²) in [6, 6.07) is 1.79. The van der Waals surface area contributed by atoms with Crippen molar-refractivity contribution >= 4 is 11.9 Å². The molecule has 1 saturated heterocycles. The summed E-state index contributed by atoms with van der Waals surface area (Å²) < 4.78 is 0. The van der Waals surface area contributed by atoms with Gasteiger partial charge in [-0.25, -0.2) is 9.97 Å². The predicted octanol–water partition coefficient (Wildman–Crippen LogP) is 1.36. The van der Waals surface area contributed by atoms with Crippen LogP contribution in [0.2, 0.25) is 0 Å². The Morgan fingerprint density at radius 3 is 2.75 bits per heavy atom. The van der Waals surface area contributed by atoms with Crippen LogP contribution in [0.15, 0.2) is 37.1 Å². The second-order valence-electron chi connectivity index (χ2n) is 6.27. The minimum atomic E-state index is -0.528. The van der Waals surface area contributed by atoms with Crippen LogP contribution in [-0.2, 0) is 11.2 Å². The normalized spacial score (nSPS) is 20.8. The van der Waals surface area contributed by atoms with Crippen LogP contribution in [-0.4, -0.2) is 38.9 Å². The van der Waals surface area contributed by atoms with E-state index in [-0.39, 0.29) is 5.91 Å². The summed E-state index contributed by atoms with van der Waals surface area (Å²) in [5.41, 5.74) is 6.20. The number of rotatable bonds is 6. The van der Waals surface area contributed by atoms with Crippen LogP contribution in [0, 0.1) is 5.41 Å². The molecule has 0 saturated carbocycles. The van der Waals surface area contributed by atoms with Crippen LogP contribution in [0.4, 0.5) is 5.95 Å². The lowest BCUT2D eigenvalue weighted by molar-refractivity contribution is -0.128. The van der Waals surface area contributed by atoms with Gasteiger partial charge in [0.15, 0.2) is 0 Å². The molecule has 24 heavy (non-hydrogen) atoms. The minimum Gasteiger partial charge on any atom is -0.369 e. The zero-order valence-electron chi connectivity index (χ0n) is 13.6. The molecular weight excluding hydrogens is 304 g/mol. The van der Waals surface area contributed by atoms with E-state index >= 15 is 0 Å². The number of anilines is 1. The van der Waals surface area contributed by atoms with Gasteiger partial charge in [-0.1, -0.05) is 0 Å².